The summed E-state index contributed by atoms with van der Waals surface area (Å²) in [6.45, 7) is 4.11. The molecule has 1 aromatic rings. The molecule has 82 valence electrons. The molecule has 0 aliphatic heterocycles. The molecule has 0 heterocycles. The van der Waals surface area contributed by atoms with Crippen LogP contribution in [0.5, 0.6) is 0 Å². The number of carbonyl (C=O) groups is 1. The van der Waals surface area contributed by atoms with Crippen LogP contribution in [0.4, 0.5) is 5.69 Å². The molecule has 0 aliphatic carbocycles. The SMILES string of the molecule is COCC(=O)N(C)c1c(C)cccc1C. The van der Waals surface area contributed by atoms with E-state index >= 15 is 0 Å². The summed E-state index contributed by atoms with van der Waals surface area (Å²) in [5, 5.41) is 0. The molecule has 3 heteroatoms. The van der Waals surface area contributed by atoms with Crippen LogP contribution in [0.15, 0.2) is 18.2 Å². The number of aryl methyl sites for hydroxylation is 2. The van der Waals surface area contributed by atoms with E-state index in [2.05, 4.69) is 0 Å². The number of amides is 1. The monoisotopic (exact) mass is 207 g/mol. The van der Waals surface area contributed by atoms with Gasteiger partial charge in [0, 0.05) is 19.8 Å². The molecule has 0 saturated carbocycles. The normalized spacial score (nSPS) is 10.1. The van der Waals surface area contributed by atoms with Crippen LogP contribution in [0.2, 0.25) is 0 Å². The molecule has 1 aromatic carbocycles. The standard InChI is InChI=1S/C12H17NO2/c1-9-6-5-7-10(2)12(9)13(3)11(14)8-15-4/h5-7H,8H2,1-4H3. The summed E-state index contributed by atoms with van der Waals surface area (Å²) in [7, 11) is 3.30. The predicted octanol–water partition coefficient (Wildman–Crippen LogP) is 1.91. The summed E-state index contributed by atoms with van der Waals surface area (Å²) in [6.07, 6.45) is 0. The highest BCUT2D eigenvalue weighted by atomic mass is 16.5. The Morgan fingerprint density at radius 1 is 1.33 bits per heavy atom. The largest absolute Gasteiger partial charge is 0.375 e. The highest BCUT2D eigenvalue weighted by molar-refractivity contribution is 5.95. The van der Waals surface area contributed by atoms with Gasteiger partial charge in [0.15, 0.2) is 0 Å². The van der Waals surface area contributed by atoms with E-state index < -0.39 is 0 Å². The number of likely N-dealkylation sites (N-methyl/N-ethyl adjacent to an activating group) is 1. The minimum atomic E-state index is -0.0325. The lowest BCUT2D eigenvalue weighted by atomic mass is 10.1. The quantitative estimate of drug-likeness (QED) is 0.757. The molecule has 0 unspecified atom stereocenters. The second kappa shape index (κ2) is 4.94. The van der Waals surface area contributed by atoms with Gasteiger partial charge in [-0.2, -0.15) is 0 Å². The average Bonchev–Trinajstić information content (AvgIpc) is 2.17. The van der Waals surface area contributed by atoms with Gasteiger partial charge in [0.25, 0.3) is 5.91 Å². The van der Waals surface area contributed by atoms with E-state index in [0.717, 1.165) is 16.8 Å². The number of nitrogens with zero attached hydrogens (tertiary/aromatic N) is 1. The molecular weight excluding hydrogens is 190 g/mol. The molecule has 0 N–H and O–H groups in total. The smallest absolute Gasteiger partial charge is 0.252 e. The lowest BCUT2D eigenvalue weighted by Gasteiger charge is -2.21. The zero-order valence-corrected chi connectivity index (χ0v) is 9.70. The van der Waals surface area contributed by atoms with E-state index in [1.165, 1.54) is 7.11 Å². The van der Waals surface area contributed by atoms with Gasteiger partial charge in [-0.15, -0.1) is 0 Å². The molecule has 0 aromatic heterocycles. The first-order valence-electron chi connectivity index (χ1n) is 4.89. The number of hydrogen-bond acceptors (Lipinski definition) is 2. The Morgan fingerprint density at radius 3 is 2.33 bits per heavy atom. The molecule has 0 bridgehead atoms. The van der Waals surface area contributed by atoms with Crippen molar-refractivity contribution in [2.75, 3.05) is 25.7 Å². The Kier molecular flexibility index (Phi) is 3.86. The number of ether oxygens (including phenoxy) is 1. The lowest BCUT2D eigenvalue weighted by Crippen LogP contribution is -2.30. The molecule has 0 aliphatic rings. The van der Waals surface area contributed by atoms with E-state index in [4.69, 9.17) is 4.74 Å². The van der Waals surface area contributed by atoms with E-state index in [1.807, 2.05) is 32.0 Å². The number of benzene rings is 1. The number of hydrogen-bond donors (Lipinski definition) is 0. The van der Waals surface area contributed by atoms with Gasteiger partial charge in [0.05, 0.1) is 0 Å². The highest BCUT2D eigenvalue weighted by Crippen LogP contribution is 2.23. The summed E-state index contributed by atoms with van der Waals surface area (Å²) < 4.78 is 4.83. The van der Waals surface area contributed by atoms with Crippen molar-refractivity contribution in [3.05, 3.63) is 29.3 Å². The van der Waals surface area contributed by atoms with Crippen molar-refractivity contribution in [2.24, 2.45) is 0 Å². The third kappa shape index (κ3) is 2.57. The van der Waals surface area contributed by atoms with Crippen LogP contribution in [0, 0.1) is 13.8 Å². The summed E-state index contributed by atoms with van der Waals surface area (Å²) in [5.74, 6) is -0.0325. The Hall–Kier alpha value is -1.35. The summed E-state index contributed by atoms with van der Waals surface area (Å²) in [6, 6.07) is 5.99. The number of rotatable bonds is 3. The number of para-hydroxylation sites is 1. The minimum absolute atomic E-state index is 0.0325. The van der Waals surface area contributed by atoms with Gasteiger partial charge in [-0.05, 0) is 25.0 Å². The fourth-order valence-electron chi connectivity index (χ4n) is 1.68. The van der Waals surface area contributed by atoms with Crippen LogP contribution < -0.4 is 4.90 Å². The second-order valence-corrected chi connectivity index (χ2v) is 3.63. The number of anilines is 1. The van der Waals surface area contributed by atoms with Crippen LogP contribution in [0.1, 0.15) is 11.1 Å². The molecule has 0 spiro atoms. The summed E-state index contributed by atoms with van der Waals surface area (Å²) in [4.78, 5) is 13.3. The third-order valence-electron chi connectivity index (χ3n) is 2.42. The van der Waals surface area contributed by atoms with Crippen LogP contribution in [-0.4, -0.2) is 26.7 Å². The topological polar surface area (TPSA) is 29.5 Å². The Bertz CT molecular complexity index is 340. The first-order chi connectivity index (χ1) is 7.07. The van der Waals surface area contributed by atoms with Crippen molar-refractivity contribution in [1.82, 2.24) is 0 Å². The fourth-order valence-corrected chi connectivity index (χ4v) is 1.68. The van der Waals surface area contributed by atoms with Crippen LogP contribution in [0.25, 0.3) is 0 Å². The van der Waals surface area contributed by atoms with Gasteiger partial charge in [0.1, 0.15) is 6.61 Å². The van der Waals surface area contributed by atoms with Crippen LogP contribution in [0.3, 0.4) is 0 Å². The minimum Gasteiger partial charge on any atom is -0.375 e. The molecule has 3 nitrogen and oxygen atoms in total. The van der Waals surface area contributed by atoms with Gasteiger partial charge in [-0.1, -0.05) is 18.2 Å². The molecule has 1 rings (SSSR count). The van der Waals surface area contributed by atoms with Crippen molar-refractivity contribution in [2.45, 2.75) is 13.8 Å². The molecule has 15 heavy (non-hydrogen) atoms. The molecule has 1 amide bonds. The van der Waals surface area contributed by atoms with Gasteiger partial charge in [0.2, 0.25) is 0 Å². The zero-order chi connectivity index (χ0) is 11.4. The van der Waals surface area contributed by atoms with Crippen molar-refractivity contribution < 1.29 is 9.53 Å². The van der Waals surface area contributed by atoms with Gasteiger partial charge in [-0.3, -0.25) is 4.79 Å². The molecule has 0 saturated heterocycles. The van der Waals surface area contributed by atoms with E-state index in [9.17, 15) is 4.79 Å². The Balaban J connectivity index is 3.00. The highest BCUT2D eigenvalue weighted by Gasteiger charge is 2.14. The third-order valence-corrected chi connectivity index (χ3v) is 2.42. The van der Waals surface area contributed by atoms with Crippen molar-refractivity contribution in [1.29, 1.82) is 0 Å². The maximum Gasteiger partial charge on any atom is 0.252 e. The number of methoxy groups -OCH3 is 1. The summed E-state index contributed by atoms with van der Waals surface area (Å²) in [5.41, 5.74) is 3.17. The lowest BCUT2D eigenvalue weighted by molar-refractivity contribution is -0.121. The first-order valence-corrected chi connectivity index (χ1v) is 4.89. The van der Waals surface area contributed by atoms with E-state index in [-0.39, 0.29) is 12.5 Å². The van der Waals surface area contributed by atoms with Crippen molar-refractivity contribution in [3.63, 3.8) is 0 Å². The average molecular weight is 207 g/mol. The van der Waals surface area contributed by atoms with Crippen LogP contribution >= 0.6 is 0 Å². The molecule has 0 atom stereocenters. The van der Waals surface area contributed by atoms with Gasteiger partial charge < -0.3 is 9.64 Å². The van der Waals surface area contributed by atoms with Gasteiger partial charge in [-0.25, -0.2) is 0 Å². The van der Waals surface area contributed by atoms with Crippen molar-refractivity contribution in [3.8, 4) is 0 Å². The summed E-state index contributed by atoms with van der Waals surface area (Å²) >= 11 is 0. The molecule has 0 fully saturated rings. The second-order valence-electron chi connectivity index (χ2n) is 3.63. The Labute approximate surface area is 90.7 Å². The zero-order valence-electron chi connectivity index (χ0n) is 9.70. The Morgan fingerprint density at radius 2 is 1.87 bits per heavy atom. The first kappa shape index (κ1) is 11.7. The number of carbonyl (C=O) groups excluding carboxylic acids is 1. The van der Waals surface area contributed by atoms with Crippen molar-refractivity contribution >= 4 is 11.6 Å². The molecular formula is C12H17NO2. The van der Waals surface area contributed by atoms with Gasteiger partial charge >= 0.3 is 0 Å². The maximum absolute atomic E-state index is 11.6. The predicted molar refractivity (Wildman–Crippen MR) is 61.2 cm³/mol. The van der Waals surface area contributed by atoms with E-state index in [1.54, 1.807) is 11.9 Å². The van der Waals surface area contributed by atoms with Crippen LogP contribution in [-0.2, 0) is 9.53 Å². The maximum atomic E-state index is 11.6. The van der Waals surface area contributed by atoms with E-state index in [0.29, 0.717) is 0 Å². The molecule has 0 radical (unpaired) electrons. The fraction of sp³-hybridized carbons (Fsp3) is 0.417.